The first-order chi connectivity index (χ1) is 8.88. The molecule has 6 heteroatoms. The van der Waals surface area contributed by atoms with E-state index in [1.165, 1.54) is 0 Å². The lowest BCUT2D eigenvalue weighted by Gasteiger charge is -2.21. The lowest BCUT2D eigenvalue weighted by Crippen LogP contribution is -2.37. The predicted molar refractivity (Wildman–Crippen MR) is 86.9 cm³/mol. The van der Waals surface area contributed by atoms with E-state index in [2.05, 4.69) is 31.4 Å². The van der Waals surface area contributed by atoms with Crippen molar-refractivity contribution in [3.63, 3.8) is 0 Å². The molecule has 0 bridgehead atoms. The third-order valence-electron chi connectivity index (χ3n) is 3.15. The van der Waals surface area contributed by atoms with Crippen LogP contribution in [0.5, 0.6) is 5.75 Å². The number of phenols is 1. The molecule has 1 amide bonds. The Morgan fingerprint density at radius 2 is 2.15 bits per heavy atom. The van der Waals surface area contributed by atoms with Gasteiger partial charge in [-0.25, -0.2) is 0 Å². The first-order valence-corrected chi connectivity index (χ1v) is 7.49. The van der Waals surface area contributed by atoms with Crippen molar-refractivity contribution < 1.29 is 9.90 Å². The molecule has 2 rings (SSSR count). The van der Waals surface area contributed by atoms with Gasteiger partial charge in [-0.3, -0.25) is 10.1 Å². The zero-order valence-corrected chi connectivity index (χ0v) is 13.5. The minimum Gasteiger partial charge on any atom is -0.506 e. The second-order valence-corrected chi connectivity index (χ2v) is 6.77. The van der Waals surface area contributed by atoms with Crippen LogP contribution in [-0.4, -0.2) is 28.7 Å². The fourth-order valence-corrected chi connectivity index (χ4v) is 2.83. The van der Waals surface area contributed by atoms with Gasteiger partial charge in [0.15, 0.2) is 0 Å². The summed E-state index contributed by atoms with van der Waals surface area (Å²) in [4.78, 5) is 12.0. The second-order valence-electron chi connectivity index (χ2n) is 5.74. The van der Waals surface area contributed by atoms with Crippen molar-refractivity contribution in [2.45, 2.75) is 32.2 Å². The minimum atomic E-state index is -0.178. The van der Waals surface area contributed by atoms with Gasteiger partial charge in [0.05, 0.1) is 11.7 Å². The number of halogens is 1. The molecule has 1 fully saturated rings. The van der Waals surface area contributed by atoms with Crippen LogP contribution in [0.3, 0.4) is 0 Å². The van der Waals surface area contributed by atoms with Crippen LogP contribution < -0.4 is 10.6 Å². The van der Waals surface area contributed by atoms with Crippen LogP contribution in [0.15, 0.2) is 18.2 Å². The second kappa shape index (κ2) is 6.70. The fourth-order valence-electron chi connectivity index (χ4n) is 1.89. The number of rotatable bonds is 2. The first kappa shape index (κ1) is 17.1. The molecule has 0 spiro atoms. The van der Waals surface area contributed by atoms with Crippen molar-refractivity contribution in [3.8, 4) is 5.75 Å². The molecule has 1 saturated heterocycles. The normalized spacial score (nSPS) is 18.4. The van der Waals surface area contributed by atoms with Crippen molar-refractivity contribution in [3.05, 3.63) is 23.8 Å². The maximum atomic E-state index is 12.0. The molecule has 0 radical (unpaired) electrons. The molecule has 0 aliphatic carbocycles. The third kappa shape index (κ3) is 4.04. The van der Waals surface area contributed by atoms with Crippen molar-refractivity contribution >= 4 is 35.8 Å². The average molecular weight is 317 g/mol. The van der Waals surface area contributed by atoms with E-state index in [1.54, 1.807) is 17.8 Å². The summed E-state index contributed by atoms with van der Waals surface area (Å²) in [7, 11) is 0. The standard InChI is InChI=1S/C14H20N2O2S.ClH/c1-14(2,3)9-4-5-12(17)10(6-9)16-13(18)11-7-19-8-15-11;/h4-6,11,15,17H,7-8H2,1-3H3,(H,16,18);1H. The monoisotopic (exact) mass is 316 g/mol. The van der Waals surface area contributed by atoms with E-state index in [-0.39, 0.29) is 35.5 Å². The van der Waals surface area contributed by atoms with E-state index in [1.807, 2.05) is 12.1 Å². The van der Waals surface area contributed by atoms with E-state index < -0.39 is 0 Å². The summed E-state index contributed by atoms with van der Waals surface area (Å²) in [6.45, 7) is 6.29. The predicted octanol–water partition coefficient (Wildman–Crippen LogP) is 2.71. The summed E-state index contributed by atoms with van der Waals surface area (Å²) >= 11 is 1.70. The topological polar surface area (TPSA) is 61.4 Å². The van der Waals surface area contributed by atoms with Crippen LogP contribution in [-0.2, 0) is 10.2 Å². The summed E-state index contributed by atoms with van der Waals surface area (Å²) in [5.74, 6) is 1.58. The average Bonchev–Trinajstić information content (AvgIpc) is 2.84. The summed E-state index contributed by atoms with van der Waals surface area (Å²) in [6.07, 6.45) is 0. The number of carbonyl (C=O) groups excluding carboxylic acids is 1. The van der Waals surface area contributed by atoms with Gasteiger partial charge >= 0.3 is 0 Å². The molecule has 3 N–H and O–H groups in total. The molecule has 4 nitrogen and oxygen atoms in total. The molecular weight excluding hydrogens is 296 g/mol. The molecule has 1 aromatic rings. The highest BCUT2D eigenvalue weighted by molar-refractivity contribution is 7.99. The van der Waals surface area contributed by atoms with E-state index in [9.17, 15) is 9.90 Å². The molecular formula is C14H21ClN2O2S. The Hall–Kier alpha value is -0.910. The molecule has 1 aliphatic rings. The Labute approximate surface area is 130 Å². The number of thioether (sulfide) groups is 1. The molecule has 0 aromatic heterocycles. The Bertz CT molecular complexity index is 483. The van der Waals surface area contributed by atoms with E-state index in [0.717, 1.165) is 17.2 Å². The number of nitrogens with one attached hydrogen (secondary N) is 2. The lowest BCUT2D eigenvalue weighted by molar-refractivity contribution is -0.117. The number of aromatic hydroxyl groups is 1. The van der Waals surface area contributed by atoms with E-state index >= 15 is 0 Å². The highest BCUT2D eigenvalue weighted by Crippen LogP contribution is 2.30. The lowest BCUT2D eigenvalue weighted by atomic mass is 9.87. The number of hydrogen-bond acceptors (Lipinski definition) is 4. The Balaban J connectivity index is 0.00000200. The Morgan fingerprint density at radius 1 is 1.45 bits per heavy atom. The largest absolute Gasteiger partial charge is 0.506 e. The molecule has 1 aromatic carbocycles. The summed E-state index contributed by atoms with van der Waals surface area (Å²) in [5, 5.41) is 15.8. The van der Waals surface area contributed by atoms with Crippen LogP contribution in [0.1, 0.15) is 26.3 Å². The van der Waals surface area contributed by atoms with Crippen molar-refractivity contribution in [2.24, 2.45) is 0 Å². The zero-order chi connectivity index (χ0) is 14.0. The van der Waals surface area contributed by atoms with E-state index in [4.69, 9.17) is 0 Å². The van der Waals surface area contributed by atoms with Crippen LogP contribution in [0.4, 0.5) is 5.69 Å². The highest BCUT2D eigenvalue weighted by atomic mass is 35.5. The van der Waals surface area contributed by atoms with Crippen LogP contribution in [0, 0.1) is 0 Å². The summed E-state index contributed by atoms with van der Waals surface area (Å²) in [5.41, 5.74) is 1.54. The first-order valence-electron chi connectivity index (χ1n) is 6.33. The quantitative estimate of drug-likeness (QED) is 0.734. The molecule has 112 valence electrons. The highest BCUT2D eigenvalue weighted by Gasteiger charge is 2.24. The van der Waals surface area contributed by atoms with Crippen LogP contribution in [0.2, 0.25) is 0 Å². The van der Waals surface area contributed by atoms with Gasteiger partial charge in [-0.05, 0) is 23.1 Å². The Kier molecular flexibility index (Phi) is 5.74. The van der Waals surface area contributed by atoms with Gasteiger partial charge in [0.25, 0.3) is 0 Å². The number of phenolic OH excluding ortho intramolecular Hbond substituents is 1. The number of amides is 1. The Morgan fingerprint density at radius 3 is 2.70 bits per heavy atom. The number of benzene rings is 1. The molecule has 0 saturated carbocycles. The van der Waals surface area contributed by atoms with Crippen LogP contribution in [0.25, 0.3) is 0 Å². The molecule has 1 atom stereocenters. The molecule has 1 heterocycles. The van der Waals surface area contributed by atoms with Gasteiger partial charge in [-0.2, -0.15) is 0 Å². The SMILES string of the molecule is CC(C)(C)c1ccc(O)c(NC(=O)C2CSCN2)c1.Cl. The third-order valence-corrected chi connectivity index (χ3v) is 4.09. The maximum Gasteiger partial charge on any atom is 0.242 e. The number of hydrogen-bond donors (Lipinski definition) is 3. The van der Waals surface area contributed by atoms with Gasteiger partial charge in [-0.15, -0.1) is 24.2 Å². The van der Waals surface area contributed by atoms with Crippen molar-refractivity contribution in [2.75, 3.05) is 16.9 Å². The van der Waals surface area contributed by atoms with Crippen LogP contribution >= 0.6 is 24.2 Å². The summed E-state index contributed by atoms with van der Waals surface area (Å²) in [6, 6.07) is 5.18. The smallest absolute Gasteiger partial charge is 0.242 e. The van der Waals surface area contributed by atoms with Gasteiger partial charge in [-0.1, -0.05) is 26.8 Å². The number of anilines is 1. The van der Waals surface area contributed by atoms with E-state index in [0.29, 0.717) is 5.69 Å². The van der Waals surface area contributed by atoms with Gasteiger partial charge in [0, 0.05) is 11.6 Å². The van der Waals surface area contributed by atoms with Crippen molar-refractivity contribution in [1.29, 1.82) is 0 Å². The fraction of sp³-hybridized carbons (Fsp3) is 0.500. The number of carbonyl (C=O) groups is 1. The molecule has 1 aliphatic heterocycles. The van der Waals surface area contributed by atoms with Gasteiger partial charge in [0.2, 0.25) is 5.91 Å². The molecule has 1 unspecified atom stereocenters. The van der Waals surface area contributed by atoms with Gasteiger partial charge < -0.3 is 10.4 Å². The maximum absolute atomic E-state index is 12.0. The zero-order valence-electron chi connectivity index (χ0n) is 11.9. The molecule has 20 heavy (non-hydrogen) atoms. The minimum absolute atomic E-state index is 0. The summed E-state index contributed by atoms with van der Waals surface area (Å²) < 4.78 is 0. The van der Waals surface area contributed by atoms with Gasteiger partial charge in [0.1, 0.15) is 5.75 Å². The van der Waals surface area contributed by atoms with Crippen molar-refractivity contribution in [1.82, 2.24) is 5.32 Å².